The number of carboxylic acid groups (broad SMARTS) is 1. The molecule has 0 bridgehead atoms. The molecule has 0 saturated heterocycles. The number of carbonyl (C=O) groups excluding carboxylic acids is 1. The van der Waals surface area contributed by atoms with Crippen LogP contribution in [0.3, 0.4) is 0 Å². The molecular formula is C24H21NO4. The molecule has 1 aliphatic rings. The fourth-order valence-corrected chi connectivity index (χ4v) is 4.02. The number of amides is 1. The van der Waals surface area contributed by atoms with Crippen LogP contribution in [0.1, 0.15) is 38.5 Å². The van der Waals surface area contributed by atoms with Crippen molar-refractivity contribution in [1.82, 2.24) is 0 Å². The van der Waals surface area contributed by atoms with Gasteiger partial charge in [0.05, 0.1) is 5.56 Å². The molecule has 0 spiro atoms. The standard InChI is InChI=1S/C24H21NO4/c1-14-11-16(23(26)27)12-15(2)22(14)25-24(28)29-13-21-19-9-5-3-7-17(19)18-8-4-6-10-20(18)21/h3-12,21H,13H2,1-2H3,(H,25,28)(H,26,27). The molecule has 3 aromatic rings. The number of rotatable bonds is 4. The maximum atomic E-state index is 12.5. The van der Waals surface area contributed by atoms with Gasteiger partial charge in [0.15, 0.2) is 0 Å². The van der Waals surface area contributed by atoms with E-state index in [0.29, 0.717) is 16.8 Å². The molecule has 0 atom stereocenters. The van der Waals surface area contributed by atoms with E-state index in [1.54, 1.807) is 13.8 Å². The third kappa shape index (κ3) is 3.47. The van der Waals surface area contributed by atoms with E-state index in [1.807, 2.05) is 24.3 Å². The number of carbonyl (C=O) groups is 2. The lowest BCUT2D eigenvalue weighted by atomic mass is 9.98. The Labute approximate surface area is 169 Å². The lowest BCUT2D eigenvalue weighted by Crippen LogP contribution is -2.19. The number of benzene rings is 3. The van der Waals surface area contributed by atoms with Crippen LogP contribution in [0.15, 0.2) is 60.7 Å². The van der Waals surface area contributed by atoms with Crippen LogP contribution in [0.4, 0.5) is 10.5 Å². The molecule has 146 valence electrons. The third-order valence-electron chi connectivity index (χ3n) is 5.35. The Kier molecular flexibility index (Phi) is 4.80. The summed E-state index contributed by atoms with van der Waals surface area (Å²) in [5, 5.41) is 11.9. The van der Waals surface area contributed by atoms with Crippen molar-refractivity contribution in [3.63, 3.8) is 0 Å². The van der Waals surface area contributed by atoms with E-state index in [2.05, 4.69) is 29.6 Å². The van der Waals surface area contributed by atoms with Gasteiger partial charge in [-0.15, -0.1) is 0 Å². The fraction of sp³-hybridized carbons (Fsp3) is 0.167. The van der Waals surface area contributed by atoms with Crippen molar-refractivity contribution in [1.29, 1.82) is 0 Å². The van der Waals surface area contributed by atoms with E-state index in [-0.39, 0.29) is 18.1 Å². The molecule has 0 aliphatic heterocycles. The molecular weight excluding hydrogens is 366 g/mol. The number of nitrogens with one attached hydrogen (secondary N) is 1. The lowest BCUT2D eigenvalue weighted by molar-refractivity contribution is 0.0696. The zero-order chi connectivity index (χ0) is 20.5. The summed E-state index contributed by atoms with van der Waals surface area (Å²) in [6.45, 7) is 3.75. The van der Waals surface area contributed by atoms with Crippen molar-refractivity contribution in [3.05, 3.63) is 88.5 Å². The average molecular weight is 387 g/mol. The molecule has 4 rings (SSSR count). The Morgan fingerprint density at radius 1 is 0.931 bits per heavy atom. The van der Waals surface area contributed by atoms with Crippen LogP contribution >= 0.6 is 0 Å². The number of fused-ring (bicyclic) bond motifs is 3. The molecule has 5 heteroatoms. The summed E-state index contributed by atoms with van der Waals surface area (Å²) in [6.07, 6.45) is -0.555. The van der Waals surface area contributed by atoms with Crippen molar-refractivity contribution in [3.8, 4) is 11.1 Å². The van der Waals surface area contributed by atoms with Gasteiger partial charge in [0, 0.05) is 11.6 Å². The predicted octanol–water partition coefficient (Wildman–Crippen LogP) is 5.36. The fourth-order valence-electron chi connectivity index (χ4n) is 4.02. The van der Waals surface area contributed by atoms with Gasteiger partial charge in [-0.3, -0.25) is 5.32 Å². The van der Waals surface area contributed by atoms with Gasteiger partial charge in [-0.1, -0.05) is 48.5 Å². The first-order valence-electron chi connectivity index (χ1n) is 9.42. The Morgan fingerprint density at radius 3 is 1.97 bits per heavy atom. The topological polar surface area (TPSA) is 75.6 Å². The van der Waals surface area contributed by atoms with Crippen LogP contribution in [-0.2, 0) is 4.74 Å². The maximum Gasteiger partial charge on any atom is 0.411 e. The molecule has 2 N–H and O–H groups in total. The monoisotopic (exact) mass is 387 g/mol. The van der Waals surface area contributed by atoms with Gasteiger partial charge in [0.2, 0.25) is 0 Å². The molecule has 0 heterocycles. The number of aryl methyl sites for hydroxylation is 2. The third-order valence-corrected chi connectivity index (χ3v) is 5.35. The van der Waals surface area contributed by atoms with Crippen LogP contribution in [0.2, 0.25) is 0 Å². The minimum atomic E-state index is -0.996. The summed E-state index contributed by atoms with van der Waals surface area (Å²) in [6, 6.07) is 19.4. The van der Waals surface area contributed by atoms with Gasteiger partial charge in [0.25, 0.3) is 0 Å². The number of aromatic carboxylic acids is 1. The number of hydrogen-bond donors (Lipinski definition) is 2. The average Bonchev–Trinajstić information content (AvgIpc) is 3.03. The van der Waals surface area contributed by atoms with Crippen molar-refractivity contribution in [2.24, 2.45) is 0 Å². The summed E-state index contributed by atoms with van der Waals surface area (Å²) in [5.74, 6) is -1.01. The van der Waals surface area contributed by atoms with Gasteiger partial charge < -0.3 is 9.84 Å². The highest BCUT2D eigenvalue weighted by Crippen LogP contribution is 2.44. The summed E-state index contributed by atoms with van der Waals surface area (Å²) in [5.41, 5.74) is 6.78. The number of carboxylic acids is 1. The predicted molar refractivity (Wildman–Crippen MR) is 112 cm³/mol. The van der Waals surface area contributed by atoms with E-state index in [1.165, 1.54) is 23.3 Å². The Balaban J connectivity index is 1.51. The van der Waals surface area contributed by atoms with Crippen LogP contribution in [0.25, 0.3) is 11.1 Å². The molecule has 3 aromatic carbocycles. The highest BCUT2D eigenvalue weighted by molar-refractivity contribution is 5.92. The van der Waals surface area contributed by atoms with Gasteiger partial charge in [-0.25, -0.2) is 9.59 Å². The van der Waals surface area contributed by atoms with Crippen LogP contribution in [-0.4, -0.2) is 23.8 Å². The first kappa shape index (κ1) is 18.7. The molecule has 0 unspecified atom stereocenters. The van der Waals surface area contributed by atoms with E-state index in [4.69, 9.17) is 9.84 Å². The van der Waals surface area contributed by atoms with Gasteiger partial charge in [-0.05, 0) is 59.4 Å². The quantitative estimate of drug-likeness (QED) is 0.632. The molecule has 0 radical (unpaired) electrons. The molecule has 5 nitrogen and oxygen atoms in total. The first-order chi connectivity index (χ1) is 14.0. The minimum absolute atomic E-state index is 0.00951. The van der Waals surface area contributed by atoms with Gasteiger partial charge in [0.1, 0.15) is 6.61 Å². The first-order valence-corrected chi connectivity index (χ1v) is 9.42. The normalized spacial score (nSPS) is 12.2. The van der Waals surface area contributed by atoms with Gasteiger partial charge >= 0.3 is 12.1 Å². The second-order valence-corrected chi connectivity index (χ2v) is 7.24. The Bertz CT molecular complexity index is 1050. The smallest absolute Gasteiger partial charge is 0.411 e. The van der Waals surface area contributed by atoms with E-state index >= 15 is 0 Å². The molecule has 0 saturated carbocycles. The van der Waals surface area contributed by atoms with Crippen molar-refractivity contribution >= 4 is 17.7 Å². The summed E-state index contributed by atoms with van der Waals surface area (Å²) >= 11 is 0. The maximum absolute atomic E-state index is 12.5. The SMILES string of the molecule is Cc1cc(C(=O)O)cc(C)c1NC(=O)OCC1c2ccccc2-c2ccccc21. The number of anilines is 1. The molecule has 0 aromatic heterocycles. The Hall–Kier alpha value is -3.60. The minimum Gasteiger partial charge on any atom is -0.478 e. The zero-order valence-electron chi connectivity index (χ0n) is 16.2. The number of ether oxygens (including phenoxy) is 1. The van der Waals surface area contributed by atoms with Crippen LogP contribution in [0, 0.1) is 13.8 Å². The highest BCUT2D eigenvalue weighted by Gasteiger charge is 2.29. The van der Waals surface area contributed by atoms with E-state index in [0.717, 1.165) is 11.1 Å². The van der Waals surface area contributed by atoms with Crippen LogP contribution < -0.4 is 5.32 Å². The van der Waals surface area contributed by atoms with Crippen molar-refractivity contribution < 1.29 is 19.4 Å². The Morgan fingerprint density at radius 2 is 1.45 bits per heavy atom. The second kappa shape index (κ2) is 7.43. The molecule has 1 amide bonds. The summed E-state index contributed by atoms with van der Waals surface area (Å²) in [4.78, 5) is 23.6. The zero-order valence-corrected chi connectivity index (χ0v) is 16.2. The van der Waals surface area contributed by atoms with Crippen LogP contribution in [0.5, 0.6) is 0 Å². The van der Waals surface area contributed by atoms with E-state index in [9.17, 15) is 9.59 Å². The summed E-state index contributed by atoms with van der Waals surface area (Å²) in [7, 11) is 0. The number of hydrogen-bond acceptors (Lipinski definition) is 3. The molecule has 29 heavy (non-hydrogen) atoms. The second-order valence-electron chi connectivity index (χ2n) is 7.24. The highest BCUT2D eigenvalue weighted by atomic mass is 16.5. The summed E-state index contributed by atoms with van der Waals surface area (Å²) < 4.78 is 5.56. The molecule has 0 fully saturated rings. The molecule has 1 aliphatic carbocycles. The van der Waals surface area contributed by atoms with Crippen molar-refractivity contribution in [2.45, 2.75) is 19.8 Å². The lowest BCUT2D eigenvalue weighted by Gasteiger charge is -2.16. The van der Waals surface area contributed by atoms with E-state index < -0.39 is 12.1 Å². The van der Waals surface area contributed by atoms with Gasteiger partial charge in [-0.2, -0.15) is 0 Å². The largest absolute Gasteiger partial charge is 0.478 e. The van der Waals surface area contributed by atoms with Crippen molar-refractivity contribution in [2.75, 3.05) is 11.9 Å².